The van der Waals surface area contributed by atoms with E-state index >= 15 is 0 Å². The average Bonchev–Trinajstić information content (AvgIpc) is 2.34. The van der Waals surface area contributed by atoms with Gasteiger partial charge < -0.3 is 10.2 Å². The van der Waals surface area contributed by atoms with Crippen LogP contribution in [-0.2, 0) is 15.0 Å². The van der Waals surface area contributed by atoms with Crippen LogP contribution in [0.25, 0.3) is 0 Å². The van der Waals surface area contributed by atoms with Crippen molar-refractivity contribution >= 4 is 17.6 Å². The van der Waals surface area contributed by atoms with E-state index in [0.717, 1.165) is 12.1 Å². The Morgan fingerprint density at radius 1 is 1.33 bits per heavy atom. The number of rotatable bonds is 6. The SMILES string of the molecule is CC(C)CC(C(=O)O)(C(=O)O)c1ccc([N+](=O)[O-])c(F)c1. The first-order chi connectivity index (χ1) is 9.62. The van der Waals surface area contributed by atoms with Crippen molar-refractivity contribution in [1.82, 2.24) is 0 Å². The number of hydrogen-bond donors (Lipinski definition) is 2. The van der Waals surface area contributed by atoms with E-state index in [0.29, 0.717) is 6.07 Å². The molecule has 0 unspecified atom stereocenters. The van der Waals surface area contributed by atoms with Gasteiger partial charge in [-0.15, -0.1) is 0 Å². The van der Waals surface area contributed by atoms with Gasteiger partial charge in [0.1, 0.15) is 0 Å². The number of nitro benzene ring substituents is 1. The zero-order valence-corrected chi connectivity index (χ0v) is 11.4. The molecule has 0 aliphatic rings. The molecule has 8 heteroatoms. The van der Waals surface area contributed by atoms with Crippen molar-refractivity contribution in [3.05, 3.63) is 39.7 Å². The lowest BCUT2D eigenvalue weighted by Crippen LogP contribution is -2.45. The third-order valence-corrected chi connectivity index (χ3v) is 3.08. The zero-order chi connectivity index (χ0) is 16.4. The Labute approximate surface area is 119 Å². The number of halogens is 1. The molecule has 2 N–H and O–H groups in total. The van der Waals surface area contributed by atoms with E-state index in [4.69, 9.17) is 0 Å². The summed E-state index contributed by atoms with van der Waals surface area (Å²) in [6.07, 6.45) is -0.269. The van der Waals surface area contributed by atoms with Gasteiger partial charge in [-0.1, -0.05) is 19.9 Å². The van der Waals surface area contributed by atoms with Crippen molar-refractivity contribution < 1.29 is 29.1 Å². The molecule has 0 spiro atoms. The summed E-state index contributed by atoms with van der Waals surface area (Å²) in [6.45, 7) is 3.25. The van der Waals surface area contributed by atoms with E-state index in [1.54, 1.807) is 13.8 Å². The molecule has 7 nitrogen and oxygen atoms in total. The van der Waals surface area contributed by atoms with E-state index in [2.05, 4.69) is 0 Å². The zero-order valence-electron chi connectivity index (χ0n) is 11.4. The molecule has 0 amide bonds. The molecule has 0 aliphatic heterocycles. The smallest absolute Gasteiger partial charge is 0.325 e. The number of nitro groups is 1. The molecular weight excluding hydrogens is 285 g/mol. The molecule has 0 radical (unpaired) electrons. The van der Waals surface area contributed by atoms with Gasteiger partial charge in [0.05, 0.1) is 4.92 Å². The van der Waals surface area contributed by atoms with Crippen LogP contribution in [0.4, 0.5) is 10.1 Å². The highest BCUT2D eigenvalue weighted by Crippen LogP contribution is 2.34. The van der Waals surface area contributed by atoms with Crippen LogP contribution in [0.5, 0.6) is 0 Å². The summed E-state index contributed by atoms with van der Waals surface area (Å²) in [5.74, 6) is -4.85. The van der Waals surface area contributed by atoms with E-state index in [9.17, 15) is 34.3 Å². The van der Waals surface area contributed by atoms with Gasteiger partial charge in [0.15, 0.2) is 5.41 Å². The maximum atomic E-state index is 13.7. The van der Waals surface area contributed by atoms with E-state index < -0.39 is 33.8 Å². The van der Waals surface area contributed by atoms with Crippen LogP contribution in [0.2, 0.25) is 0 Å². The van der Waals surface area contributed by atoms with Crippen molar-refractivity contribution in [3.63, 3.8) is 0 Å². The maximum Gasteiger partial charge on any atom is 0.325 e. The minimum absolute atomic E-state index is 0.269. The summed E-state index contributed by atoms with van der Waals surface area (Å²) in [5.41, 5.74) is -3.52. The van der Waals surface area contributed by atoms with Crippen molar-refractivity contribution in [3.8, 4) is 0 Å². The van der Waals surface area contributed by atoms with Crippen molar-refractivity contribution in [1.29, 1.82) is 0 Å². The fourth-order valence-electron chi connectivity index (χ4n) is 2.16. The average molecular weight is 299 g/mol. The third kappa shape index (κ3) is 2.99. The van der Waals surface area contributed by atoms with Crippen molar-refractivity contribution in [2.45, 2.75) is 25.7 Å². The molecule has 0 heterocycles. The summed E-state index contributed by atoms with van der Waals surface area (Å²) < 4.78 is 13.7. The molecule has 0 bridgehead atoms. The highest BCUT2D eigenvalue weighted by Gasteiger charge is 2.49. The van der Waals surface area contributed by atoms with Gasteiger partial charge in [-0.05, 0) is 24.0 Å². The van der Waals surface area contributed by atoms with Gasteiger partial charge in [-0.3, -0.25) is 19.7 Å². The molecule has 0 atom stereocenters. The van der Waals surface area contributed by atoms with Gasteiger partial charge >= 0.3 is 17.6 Å². The number of carboxylic acid groups (broad SMARTS) is 2. The van der Waals surface area contributed by atoms with Crippen LogP contribution < -0.4 is 0 Å². The Kier molecular flexibility index (Phi) is 4.62. The molecule has 1 aromatic rings. The molecule has 1 aromatic carbocycles. The Morgan fingerprint density at radius 2 is 1.86 bits per heavy atom. The van der Waals surface area contributed by atoms with Crippen LogP contribution in [0.3, 0.4) is 0 Å². The van der Waals surface area contributed by atoms with E-state index in [1.165, 1.54) is 0 Å². The number of aliphatic carboxylic acids is 2. The Balaban J connectivity index is 3.53. The van der Waals surface area contributed by atoms with Crippen LogP contribution in [0.15, 0.2) is 18.2 Å². The van der Waals surface area contributed by atoms with Gasteiger partial charge in [0.25, 0.3) is 0 Å². The van der Waals surface area contributed by atoms with E-state index in [1.807, 2.05) is 0 Å². The van der Waals surface area contributed by atoms with E-state index in [-0.39, 0.29) is 17.9 Å². The minimum Gasteiger partial charge on any atom is -0.480 e. The summed E-state index contributed by atoms with van der Waals surface area (Å²) in [4.78, 5) is 32.6. The van der Waals surface area contributed by atoms with Crippen LogP contribution in [-0.4, -0.2) is 27.1 Å². The van der Waals surface area contributed by atoms with Gasteiger partial charge in [0.2, 0.25) is 5.82 Å². The molecule has 21 heavy (non-hydrogen) atoms. The molecule has 114 valence electrons. The van der Waals surface area contributed by atoms with Gasteiger partial charge in [-0.25, -0.2) is 0 Å². The fourth-order valence-corrected chi connectivity index (χ4v) is 2.16. The second-order valence-electron chi connectivity index (χ2n) is 5.04. The normalized spacial score (nSPS) is 11.4. The predicted octanol–water partition coefficient (Wildman–Crippen LogP) is 2.19. The highest BCUT2D eigenvalue weighted by molar-refractivity contribution is 6.04. The highest BCUT2D eigenvalue weighted by atomic mass is 19.1. The number of benzene rings is 1. The summed E-state index contributed by atoms with van der Waals surface area (Å²) >= 11 is 0. The molecule has 1 rings (SSSR count). The summed E-state index contributed by atoms with van der Waals surface area (Å²) in [7, 11) is 0. The van der Waals surface area contributed by atoms with Crippen LogP contribution in [0.1, 0.15) is 25.8 Å². The minimum atomic E-state index is -2.34. The Hall–Kier alpha value is -2.51. The number of nitrogens with zero attached hydrogens (tertiary/aromatic N) is 1. The lowest BCUT2D eigenvalue weighted by molar-refractivity contribution is -0.387. The van der Waals surface area contributed by atoms with Crippen molar-refractivity contribution in [2.24, 2.45) is 5.92 Å². The number of hydrogen-bond acceptors (Lipinski definition) is 4. The van der Waals surface area contributed by atoms with Gasteiger partial charge in [-0.2, -0.15) is 4.39 Å². The Morgan fingerprint density at radius 3 is 2.19 bits per heavy atom. The molecule has 0 aliphatic carbocycles. The first-order valence-electron chi connectivity index (χ1n) is 6.04. The van der Waals surface area contributed by atoms with Crippen LogP contribution in [0, 0.1) is 21.8 Å². The quantitative estimate of drug-likeness (QED) is 0.472. The standard InChI is InChI=1S/C13H14FNO6/c1-7(2)6-13(11(16)17,12(18)19)8-3-4-10(15(20)21)9(14)5-8/h3-5,7H,6H2,1-2H3,(H,16,17)(H,18,19). The first kappa shape index (κ1) is 16.5. The maximum absolute atomic E-state index is 13.7. The number of carbonyl (C=O) groups is 2. The fraction of sp³-hybridized carbons (Fsp3) is 0.385. The first-order valence-corrected chi connectivity index (χ1v) is 6.04. The molecule has 0 fully saturated rings. The monoisotopic (exact) mass is 299 g/mol. The largest absolute Gasteiger partial charge is 0.480 e. The third-order valence-electron chi connectivity index (χ3n) is 3.08. The lowest BCUT2D eigenvalue weighted by Gasteiger charge is -2.27. The number of carboxylic acids is 2. The summed E-state index contributed by atoms with van der Waals surface area (Å²) in [5, 5.41) is 29.2. The Bertz CT molecular complexity index is 584. The molecule has 0 aromatic heterocycles. The lowest BCUT2D eigenvalue weighted by atomic mass is 9.74. The second kappa shape index (κ2) is 5.86. The van der Waals surface area contributed by atoms with Crippen molar-refractivity contribution in [2.75, 3.05) is 0 Å². The molecule has 0 saturated carbocycles. The molecular formula is C13H14FNO6. The summed E-state index contributed by atoms with van der Waals surface area (Å²) in [6, 6.07) is 2.33. The molecule has 0 saturated heterocycles. The van der Waals surface area contributed by atoms with Crippen LogP contribution >= 0.6 is 0 Å². The topological polar surface area (TPSA) is 118 Å². The van der Waals surface area contributed by atoms with Gasteiger partial charge in [0, 0.05) is 6.07 Å². The predicted molar refractivity (Wildman–Crippen MR) is 69.5 cm³/mol. The second-order valence-corrected chi connectivity index (χ2v) is 5.04.